The van der Waals surface area contributed by atoms with Crippen LogP contribution in [-0.2, 0) is 4.79 Å². The number of hydrogen-bond acceptors (Lipinski definition) is 2. The Morgan fingerprint density at radius 3 is 2.82 bits per heavy atom. The van der Waals surface area contributed by atoms with Crippen LogP contribution < -0.4 is 0 Å². The maximum atomic E-state index is 10.8. The molecule has 2 atom stereocenters. The predicted molar refractivity (Wildman–Crippen MR) is 39.6 cm³/mol. The van der Waals surface area contributed by atoms with E-state index in [1.165, 1.54) is 0 Å². The highest BCUT2D eigenvalue weighted by atomic mass is 16.3. The first kappa shape index (κ1) is 6.46. The molecular weight excluding hydrogens is 142 g/mol. The average Bonchev–Trinajstić information content (AvgIpc) is 2.62. The van der Waals surface area contributed by atoms with Gasteiger partial charge in [0.15, 0.2) is 0 Å². The fourth-order valence-electron chi connectivity index (χ4n) is 1.72. The van der Waals surface area contributed by atoms with Crippen LogP contribution in [0.3, 0.4) is 0 Å². The number of fused-ring (bicyclic) bond motifs is 2. The molecule has 0 radical (unpaired) electrons. The third-order valence-corrected chi connectivity index (χ3v) is 2.24. The zero-order valence-electron chi connectivity index (χ0n) is 5.86. The van der Waals surface area contributed by atoms with Gasteiger partial charge in [-0.25, -0.2) is 0 Å². The van der Waals surface area contributed by atoms with Crippen LogP contribution in [0, 0.1) is 16.7 Å². The third-order valence-electron chi connectivity index (χ3n) is 2.24. The van der Waals surface area contributed by atoms with Crippen molar-refractivity contribution < 1.29 is 4.79 Å². The molecular formula is C8H7NO2. The Hall–Kier alpha value is -1.25. The zero-order valence-corrected chi connectivity index (χ0v) is 5.86. The van der Waals surface area contributed by atoms with E-state index in [4.69, 9.17) is 0 Å². The maximum Gasteiger partial charge on any atom is 0.313 e. The van der Waals surface area contributed by atoms with E-state index in [0.29, 0.717) is 11.5 Å². The molecule has 0 heterocycles. The van der Waals surface area contributed by atoms with Gasteiger partial charge in [0.2, 0.25) is 0 Å². The zero-order chi connectivity index (χ0) is 7.84. The van der Waals surface area contributed by atoms with Crippen LogP contribution in [0.25, 0.3) is 0 Å². The molecule has 2 aliphatic carbocycles. The molecule has 1 amide bonds. The summed E-state index contributed by atoms with van der Waals surface area (Å²) in [7, 11) is 0. The van der Waals surface area contributed by atoms with Crippen molar-refractivity contribution in [1.29, 1.82) is 0 Å². The number of carbonyl (C=O) groups excluding carboxylic acids is 1. The minimum Gasteiger partial charge on any atom is -0.264 e. The van der Waals surface area contributed by atoms with Gasteiger partial charge in [-0.1, -0.05) is 18.2 Å². The van der Waals surface area contributed by atoms with E-state index in [-0.39, 0.29) is 5.92 Å². The summed E-state index contributed by atoms with van der Waals surface area (Å²) >= 11 is 0. The molecule has 0 spiro atoms. The van der Waals surface area contributed by atoms with Crippen LogP contribution in [0.15, 0.2) is 29.0 Å². The first-order chi connectivity index (χ1) is 5.31. The van der Waals surface area contributed by atoms with Gasteiger partial charge in [-0.15, -0.1) is 4.91 Å². The van der Waals surface area contributed by atoms with Crippen molar-refractivity contribution in [2.45, 2.75) is 6.42 Å². The Labute approximate surface area is 63.8 Å². The quantitative estimate of drug-likeness (QED) is 0.418. The van der Waals surface area contributed by atoms with Crippen molar-refractivity contribution in [2.24, 2.45) is 17.0 Å². The van der Waals surface area contributed by atoms with E-state index in [1.807, 2.05) is 12.2 Å². The predicted octanol–water partition coefficient (Wildman–Crippen LogP) is 1.41. The normalized spacial score (nSPS) is 32.2. The molecule has 2 unspecified atom stereocenters. The lowest BCUT2D eigenvalue weighted by Crippen LogP contribution is -2.03. The summed E-state index contributed by atoms with van der Waals surface area (Å²) in [6.45, 7) is 0. The molecule has 0 saturated carbocycles. The van der Waals surface area contributed by atoms with Crippen molar-refractivity contribution in [2.75, 3.05) is 0 Å². The fourth-order valence-corrected chi connectivity index (χ4v) is 1.72. The monoisotopic (exact) mass is 149 g/mol. The number of nitrogens with zero attached hydrogens (tertiary/aromatic N) is 1. The van der Waals surface area contributed by atoms with Crippen molar-refractivity contribution in [1.82, 2.24) is 0 Å². The van der Waals surface area contributed by atoms with Crippen molar-refractivity contribution in [3.05, 3.63) is 28.7 Å². The molecule has 0 N–H and O–H groups in total. The van der Waals surface area contributed by atoms with Crippen LogP contribution in [0.5, 0.6) is 0 Å². The molecule has 0 aromatic carbocycles. The molecule has 3 nitrogen and oxygen atoms in total. The molecule has 0 fully saturated rings. The minimum absolute atomic E-state index is 0.171. The van der Waals surface area contributed by atoms with Gasteiger partial charge in [-0.2, -0.15) is 0 Å². The lowest BCUT2D eigenvalue weighted by molar-refractivity contribution is -0.114. The Kier molecular flexibility index (Phi) is 1.24. The number of nitroso groups, excluding NO2 is 1. The van der Waals surface area contributed by atoms with E-state index in [9.17, 15) is 9.70 Å². The van der Waals surface area contributed by atoms with Gasteiger partial charge < -0.3 is 0 Å². The summed E-state index contributed by atoms with van der Waals surface area (Å²) in [5.74, 6) is -0.0484. The number of rotatable bonds is 1. The van der Waals surface area contributed by atoms with Crippen LogP contribution in [0.4, 0.5) is 0 Å². The Balaban J connectivity index is 2.25. The lowest BCUT2D eigenvalue weighted by atomic mass is 10.0. The van der Waals surface area contributed by atoms with Crippen LogP contribution >= 0.6 is 0 Å². The summed E-state index contributed by atoms with van der Waals surface area (Å²) in [4.78, 5) is 20.7. The van der Waals surface area contributed by atoms with Gasteiger partial charge in [0.1, 0.15) is 0 Å². The fraction of sp³-hybridized carbons (Fsp3) is 0.375. The maximum absolute atomic E-state index is 10.8. The molecule has 0 aromatic heterocycles. The summed E-state index contributed by atoms with van der Waals surface area (Å²) in [5.41, 5.74) is 0.590. The molecule has 0 aromatic rings. The van der Waals surface area contributed by atoms with Gasteiger partial charge in [0.05, 0.1) is 0 Å². The molecule has 56 valence electrons. The largest absolute Gasteiger partial charge is 0.313 e. The second kappa shape index (κ2) is 2.12. The van der Waals surface area contributed by atoms with Crippen molar-refractivity contribution >= 4 is 5.91 Å². The SMILES string of the molecule is O=NC(=O)C1=CC2C=CC1C2. The molecule has 2 aliphatic rings. The number of carbonyl (C=O) groups is 1. The summed E-state index contributed by atoms with van der Waals surface area (Å²) in [6, 6.07) is 0. The van der Waals surface area contributed by atoms with E-state index < -0.39 is 5.91 Å². The van der Waals surface area contributed by atoms with E-state index in [1.54, 1.807) is 0 Å². The molecule has 11 heavy (non-hydrogen) atoms. The second-order valence-corrected chi connectivity index (χ2v) is 2.91. The Bertz CT molecular complexity index is 278. The van der Waals surface area contributed by atoms with Gasteiger partial charge in [0.25, 0.3) is 0 Å². The standard InChI is InChI=1S/C8H7NO2/c10-8(9-11)7-4-5-1-2-6(7)3-5/h1-2,4-6H,3H2. The van der Waals surface area contributed by atoms with E-state index in [0.717, 1.165) is 6.42 Å². The first-order valence-corrected chi connectivity index (χ1v) is 3.59. The topological polar surface area (TPSA) is 46.5 Å². The minimum atomic E-state index is -0.596. The first-order valence-electron chi connectivity index (χ1n) is 3.59. The highest BCUT2D eigenvalue weighted by Gasteiger charge is 2.32. The molecule has 0 aliphatic heterocycles. The highest BCUT2D eigenvalue weighted by Crippen LogP contribution is 2.38. The molecule has 2 bridgehead atoms. The van der Waals surface area contributed by atoms with Crippen LogP contribution in [0.2, 0.25) is 0 Å². The Morgan fingerprint density at radius 2 is 2.36 bits per heavy atom. The van der Waals surface area contributed by atoms with Crippen LogP contribution in [-0.4, -0.2) is 5.91 Å². The third kappa shape index (κ3) is 0.843. The van der Waals surface area contributed by atoms with E-state index >= 15 is 0 Å². The van der Waals surface area contributed by atoms with Crippen molar-refractivity contribution in [3.8, 4) is 0 Å². The van der Waals surface area contributed by atoms with Gasteiger partial charge in [-0.3, -0.25) is 4.79 Å². The molecule has 3 heteroatoms. The van der Waals surface area contributed by atoms with Gasteiger partial charge >= 0.3 is 5.91 Å². The number of amides is 1. The summed E-state index contributed by atoms with van der Waals surface area (Å²) in [6.07, 6.45) is 6.83. The van der Waals surface area contributed by atoms with Crippen molar-refractivity contribution in [3.63, 3.8) is 0 Å². The number of allylic oxidation sites excluding steroid dienone is 3. The summed E-state index contributed by atoms with van der Waals surface area (Å²) < 4.78 is 0. The van der Waals surface area contributed by atoms with Crippen LogP contribution in [0.1, 0.15) is 6.42 Å². The molecule has 2 rings (SSSR count). The Morgan fingerprint density at radius 1 is 1.55 bits per heavy atom. The van der Waals surface area contributed by atoms with Gasteiger partial charge in [0, 0.05) is 16.7 Å². The second-order valence-electron chi connectivity index (χ2n) is 2.91. The number of hydrogen-bond donors (Lipinski definition) is 0. The lowest BCUT2D eigenvalue weighted by Gasteiger charge is -2.01. The highest BCUT2D eigenvalue weighted by molar-refractivity contribution is 5.95. The summed E-state index contributed by atoms with van der Waals surface area (Å²) in [5, 5.41) is 2.40. The smallest absolute Gasteiger partial charge is 0.264 e. The molecule has 0 saturated heterocycles. The van der Waals surface area contributed by atoms with E-state index in [2.05, 4.69) is 11.3 Å². The average molecular weight is 149 g/mol. The van der Waals surface area contributed by atoms with Gasteiger partial charge in [-0.05, 0) is 12.3 Å².